The van der Waals surface area contributed by atoms with Gasteiger partial charge in [0, 0.05) is 16.1 Å². The number of rotatable bonds is 4. The van der Waals surface area contributed by atoms with Gasteiger partial charge in [0.15, 0.2) is 11.2 Å². The van der Waals surface area contributed by atoms with Gasteiger partial charge >= 0.3 is 0 Å². The van der Waals surface area contributed by atoms with E-state index in [1.807, 2.05) is 58.8 Å². The number of ether oxygens (including phenoxy) is 1. The number of carbonyl (C=O) groups is 1. The summed E-state index contributed by atoms with van der Waals surface area (Å²) >= 11 is 1.47. The molecule has 3 aromatic rings. The molecule has 156 valence electrons. The predicted molar refractivity (Wildman–Crippen MR) is 124 cm³/mol. The van der Waals surface area contributed by atoms with Gasteiger partial charge in [0.1, 0.15) is 11.8 Å². The van der Waals surface area contributed by atoms with Crippen LogP contribution in [0.2, 0.25) is 0 Å². The van der Waals surface area contributed by atoms with Gasteiger partial charge in [-0.05, 0) is 35.2 Å². The van der Waals surface area contributed by atoms with Gasteiger partial charge < -0.3 is 9.64 Å². The molecule has 0 spiro atoms. The van der Waals surface area contributed by atoms with Gasteiger partial charge in [-0.25, -0.2) is 0 Å². The normalized spacial score (nSPS) is 22.3. The summed E-state index contributed by atoms with van der Waals surface area (Å²) in [4.78, 5) is 16.9. The number of carbonyl (C=O) groups excluding carboxylic acids is 1. The summed E-state index contributed by atoms with van der Waals surface area (Å²) in [6, 6.07) is 22.1. The van der Waals surface area contributed by atoms with Crippen molar-refractivity contribution in [2.24, 2.45) is 5.41 Å². The van der Waals surface area contributed by atoms with Crippen LogP contribution in [0.5, 0.6) is 5.75 Å². The monoisotopic (exact) mass is 437 g/mol. The van der Waals surface area contributed by atoms with Crippen LogP contribution in [-0.2, 0) is 0 Å². The lowest BCUT2D eigenvalue weighted by Crippen LogP contribution is -2.44. The number of anilines is 1. The van der Waals surface area contributed by atoms with Crippen LogP contribution in [0.25, 0.3) is 6.08 Å². The SMILES string of the molecule is COc1cccc(C(=O)C2C(c3cccs3)C(C#N)(C#N)C3C=Cc4ccccc4N23)c1. The quantitative estimate of drug-likeness (QED) is 0.535. The Kier molecular flexibility index (Phi) is 4.81. The van der Waals surface area contributed by atoms with E-state index in [4.69, 9.17) is 4.74 Å². The Morgan fingerprint density at radius 1 is 1.09 bits per heavy atom. The van der Waals surface area contributed by atoms with E-state index in [0.29, 0.717) is 11.3 Å². The van der Waals surface area contributed by atoms with Gasteiger partial charge in [0.05, 0.1) is 31.2 Å². The number of nitriles is 2. The lowest BCUT2D eigenvalue weighted by atomic mass is 9.71. The third-order valence-corrected chi connectivity index (χ3v) is 7.34. The number of para-hydroxylation sites is 1. The second kappa shape index (κ2) is 7.67. The maximum atomic E-state index is 14.1. The third-order valence-electron chi connectivity index (χ3n) is 6.39. The second-order valence-electron chi connectivity index (χ2n) is 7.90. The number of benzene rings is 2. The first-order valence-electron chi connectivity index (χ1n) is 10.2. The highest BCUT2D eigenvalue weighted by molar-refractivity contribution is 7.10. The Morgan fingerprint density at radius 2 is 1.91 bits per heavy atom. The number of methoxy groups -OCH3 is 1. The minimum atomic E-state index is -1.41. The van der Waals surface area contributed by atoms with E-state index in [-0.39, 0.29) is 5.78 Å². The summed E-state index contributed by atoms with van der Waals surface area (Å²) in [5.41, 5.74) is 0.904. The molecular weight excluding hydrogens is 418 g/mol. The summed E-state index contributed by atoms with van der Waals surface area (Å²) < 4.78 is 5.33. The zero-order valence-corrected chi connectivity index (χ0v) is 18.1. The van der Waals surface area contributed by atoms with Crippen molar-refractivity contribution in [3.05, 3.63) is 88.1 Å². The maximum Gasteiger partial charge on any atom is 0.186 e. The molecule has 5 rings (SSSR count). The van der Waals surface area contributed by atoms with Gasteiger partial charge in [-0.2, -0.15) is 10.5 Å². The summed E-state index contributed by atoms with van der Waals surface area (Å²) in [5, 5.41) is 22.7. The molecule has 2 aromatic carbocycles. The van der Waals surface area contributed by atoms with E-state index in [2.05, 4.69) is 12.1 Å². The van der Waals surface area contributed by atoms with E-state index < -0.39 is 23.4 Å². The fraction of sp³-hybridized carbons (Fsp3) is 0.192. The number of hydrogen-bond acceptors (Lipinski definition) is 6. The smallest absolute Gasteiger partial charge is 0.186 e. The largest absolute Gasteiger partial charge is 0.497 e. The molecule has 1 saturated heterocycles. The van der Waals surface area contributed by atoms with Gasteiger partial charge in [-0.15, -0.1) is 11.3 Å². The molecule has 3 atom stereocenters. The highest BCUT2D eigenvalue weighted by atomic mass is 32.1. The van der Waals surface area contributed by atoms with Crippen molar-refractivity contribution >= 4 is 28.9 Å². The first-order valence-corrected chi connectivity index (χ1v) is 11.1. The van der Waals surface area contributed by atoms with Crippen LogP contribution >= 0.6 is 11.3 Å². The van der Waals surface area contributed by atoms with E-state index in [1.54, 1.807) is 31.4 Å². The number of ketones is 1. The molecule has 0 aliphatic carbocycles. The van der Waals surface area contributed by atoms with Crippen molar-refractivity contribution in [1.82, 2.24) is 0 Å². The minimum Gasteiger partial charge on any atom is -0.497 e. The molecule has 5 nitrogen and oxygen atoms in total. The van der Waals surface area contributed by atoms with Crippen molar-refractivity contribution in [1.29, 1.82) is 10.5 Å². The summed E-state index contributed by atoms with van der Waals surface area (Å²) in [6.07, 6.45) is 3.85. The predicted octanol–water partition coefficient (Wildman–Crippen LogP) is 5.04. The van der Waals surface area contributed by atoms with E-state index in [1.165, 1.54) is 11.3 Å². The highest BCUT2D eigenvalue weighted by Gasteiger charge is 2.63. The number of fused-ring (bicyclic) bond motifs is 3. The van der Waals surface area contributed by atoms with Crippen molar-refractivity contribution in [3.63, 3.8) is 0 Å². The second-order valence-corrected chi connectivity index (χ2v) is 8.88. The average Bonchev–Trinajstić information content (AvgIpc) is 3.48. The van der Waals surface area contributed by atoms with E-state index in [9.17, 15) is 15.3 Å². The van der Waals surface area contributed by atoms with Gasteiger partial charge in [-0.3, -0.25) is 4.79 Å². The molecular formula is C26H19N3O2S. The number of Topliss-reactive ketones (excluding diaryl/α,β-unsaturated/α-hetero) is 1. The molecule has 0 N–H and O–H groups in total. The summed E-state index contributed by atoms with van der Waals surface area (Å²) in [6.45, 7) is 0. The molecule has 32 heavy (non-hydrogen) atoms. The Labute approximate surface area is 190 Å². The number of nitrogens with zero attached hydrogens (tertiary/aromatic N) is 3. The summed E-state index contributed by atoms with van der Waals surface area (Å²) in [7, 11) is 1.56. The van der Waals surface area contributed by atoms with Crippen molar-refractivity contribution in [2.75, 3.05) is 12.0 Å². The van der Waals surface area contributed by atoms with Crippen LogP contribution in [0.3, 0.4) is 0 Å². The highest BCUT2D eigenvalue weighted by Crippen LogP contribution is 2.56. The lowest BCUT2D eigenvalue weighted by molar-refractivity contribution is 0.0951. The zero-order valence-electron chi connectivity index (χ0n) is 17.3. The van der Waals surface area contributed by atoms with Crippen LogP contribution in [0.15, 0.2) is 72.1 Å². The minimum absolute atomic E-state index is 0.134. The third kappa shape index (κ3) is 2.77. The zero-order chi connectivity index (χ0) is 22.3. The standard InChI is InChI=1S/C26H19N3O2S/c1-31-19-8-4-7-18(14-19)25(30)24-23(21-10-5-13-32-21)26(15-27,16-28)22-12-11-17-6-2-3-9-20(17)29(22)24/h2-14,22-24H,1H3. The van der Waals surface area contributed by atoms with E-state index >= 15 is 0 Å². The van der Waals surface area contributed by atoms with Crippen LogP contribution in [0.1, 0.15) is 26.7 Å². The van der Waals surface area contributed by atoms with Gasteiger partial charge in [0.25, 0.3) is 0 Å². The molecule has 3 heterocycles. The Bertz CT molecular complexity index is 1290. The molecule has 1 aromatic heterocycles. The van der Waals surface area contributed by atoms with Crippen LogP contribution in [-0.4, -0.2) is 25.0 Å². The number of thiophene rings is 1. The molecule has 2 aliphatic heterocycles. The molecule has 0 radical (unpaired) electrons. The molecule has 3 unspecified atom stereocenters. The lowest BCUT2D eigenvalue weighted by Gasteiger charge is -2.35. The first kappa shape index (κ1) is 20.1. The van der Waals surface area contributed by atoms with Gasteiger partial charge in [0.2, 0.25) is 0 Å². The van der Waals surface area contributed by atoms with Crippen molar-refractivity contribution in [3.8, 4) is 17.9 Å². The Balaban J connectivity index is 1.76. The molecule has 0 saturated carbocycles. The average molecular weight is 438 g/mol. The molecule has 0 amide bonds. The molecule has 6 heteroatoms. The molecule has 1 fully saturated rings. The fourth-order valence-corrected chi connectivity index (χ4v) is 5.89. The van der Waals surface area contributed by atoms with Gasteiger partial charge in [-0.1, -0.05) is 48.6 Å². The van der Waals surface area contributed by atoms with Crippen LogP contribution in [0.4, 0.5) is 5.69 Å². The van der Waals surface area contributed by atoms with Crippen molar-refractivity contribution in [2.45, 2.75) is 18.0 Å². The fourth-order valence-electron chi connectivity index (χ4n) is 4.96. The van der Waals surface area contributed by atoms with Crippen LogP contribution < -0.4 is 9.64 Å². The summed E-state index contributed by atoms with van der Waals surface area (Å²) in [5.74, 6) is -0.148. The Hall–Kier alpha value is -3.87. The molecule has 2 aliphatic rings. The van der Waals surface area contributed by atoms with E-state index in [0.717, 1.165) is 16.1 Å². The Morgan fingerprint density at radius 3 is 2.62 bits per heavy atom. The first-order chi connectivity index (χ1) is 15.6. The number of hydrogen-bond donors (Lipinski definition) is 0. The molecule has 0 bridgehead atoms. The topological polar surface area (TPSA) is 77.1 Å². The maximum absolute atomic E-state index is 14.1. The van der Waals surface area contributed by atoms with Crippen molar-refractivity contribution < 1.29 is 9.53 Å². The van der Waals surface area contributed by atoms with Crippen LogP contribution in [0, 0.1) is 28.1 Å².